The number of anilines is 1. The first-order chi connectivity index (χ1) is 14.5. The lowest BCUT2D eigenvalue weighted by Gasteiger charge is -2.08. The van der Waals surface area contributed by atoms with E-state index in [2.05, 4.69) is 51.9 Å². The molecule has 0 fully saturated rings. The van der Waals surface area contributed by atoms with E-state index >= 15 is 0 Å². The molecule has 0 aliphatic heterocycles. The zero-order chi connectivity index (χ0) is 21.1. The molecule has 5 nitrogen and oxygen atoms in total. The zero-order valence-corrected chi connectivity index (χ0v) is 19.0. The molecule has 0 aliphatic carbocycles. The Balaban J connectivity index is 1.37. The Bertz CT molecular complexity index is 1230. The third-order valence-corrected chi connectivity index (χ3v) is 6.40. The average Bonchev–Trinajstić information content (AvgIpc) is 3.16. The second-order valence-corrected chi connectivity index (χ2v) is 8.86. The number of thiazole rings is 1. The molecule has 150 valence electrons. The summed E-state index contributed by atoms with van der Waals surface area (Å²) >= 11 is 3.70. The van der Waals surface area contributed by atoms with Gasteiger partial charge in [-0.15, -0.1) is 11.3 Å². The second kappa shape index (κ2) is 8.93. The minimum Gasteiger partial charge on any atom is -0.452 e. The number of rotatable bonds is 5. The van der Waals surface area contributed by atoms with Crippen LogP contribution >= 0.6 is 33.9 Å². The lowest BCUT2D eigenvalue weighted by Crippen LogP contribution is -2.21. The van der Waals surface area contributed by atoms with Crippen molar-refractivity contribution in [2.75, 3.05) is 11.9 Å². The van der Waals surface area contributed by atoms with E-state index in [1.807, 2.05) is 42.5 Å². The Morgan fingerprint density at radius 3 is 2.60 bits per heavy atom. The summed E-state index contributed by atoms with van der Waals surface area (Å²) in [5.74, 6) is -0.908. The van der Waals surface area contributed by atoms with Crippen LogP contribution in [0.25, 0.3) is 20.8 Å². The number of nitrogens with one attached hydrogen (secondary N) is 1. The van der Waals surface area contributed by atoms with Crippen molar-refractivity contribution in [1.29, 1.82) is 0 Å². The van der Waals surface area contributed by atoms with Gasteiger partial charge in [0, 0.05) is 14.8 Å². The molecule has 3 aromatic carbocycles. The van der Waals surface area contributed by atoms with E-state index in [1.54, 1.807) is 23.5 Å². The van der Waals surface area contributed by atoms with Gasteiger partial charge in [-0.1, -0.05) is 18.2 Å². The number of halogens is 1. The Labute approximate surface area is 191 Å². The van der Waals surface area contributed by atoms with Crippen molar-refractivity contribution in [2.24, 2.45) is 0 Å². The molecule has 0 bridgehead atoms. The highest BCUT2D eigenvalue weighted by Gasteiger charge is 2.13. The number of fused-ring (bicyclic) bond motifs is 1. The lowest BCUT2D eigenvalue weighted by atomic mass is 10.2. The van der Waals surface area contributed by atoms with Crippen molar-refractivity contribution in [2.45, 2.75) is 6.92 Å². The number of nitrogens with zero attached hydrogens (tertiary/aromatic N) is 1. The molecule has 0 unspecified atom stereocenters. The first kappa shape index (κ1) is 20.5. The first-order valence-electron chi connectivity index (χ1n) is 9.19. The maximum Gasteiger partial charge on any atom is 0.339 e. The Kier molecular flexibility index (Phi) is 6.10. The number of aromatic nitrogens is 1. The van der Waals surface area contributed by atoms with Crippen LogP contribution in [0, 0.1) is 10.5 Å². The van der Waals surface area contributed by atoms with Gasteiger partial charge < -0.3 is 10.1 Å². The van der Waals surface area contributed by atoms with Crippen LogP contribution in [0.2, 0.25) is 0 Å². The maximum atomic E-state index is 12.1. The molecule has 1 aromatic heterocycles. The van der Waals surface area contributed by atoms with E-state index in [-0.39, 0.29) is 6.61 Å². The van der Waals surface area contributed by atoms with Gasteiger partial charge in [-0.25, -0.2) is 9.78 Å². The molecule has 0 radical (unpaired) electrons. The van der Waals surface area contributed by atoms with Crippen molar-refractivity contribution in [3.05, 3.63) is 81.4 Å². The molecule has 0 atom stereocenters. The quantitative estimate of drug-likeness (QED) is 0.268. The maximum absolute atomic E-state index is 12.1. The topological polar surface area (TPSA) is 68.3 Å². The summed E-state index contributed by atoms with van der Waals surface area (Å²) in [6.07, 6.45) is 0. The molecule has 4 rings (SSSR count). The number of carbonyl (C=O) groups is 2. The highest BCUT2D eigenvalue weighted by atomic mass is 127. The summed E-state index contributed by atoms with van der Waals surface area (Å²) in [7, 11) is 0. The Morgan fingerprint density at radius 1 is 1.07 bits per heavy atom. The molecule has 4 aromatic rings. The van der Waals surface area contributed by atoms with Gasteiger partial charge in [-0.3, -0.25) is 4.79 Å². The molecule has 30 heavy (non-hydrogen) atoms. The highest BCUT2D eigenvalue weighted by Crippen LogP contribution is 2.31. The standard InChI is InChI=1S/C23H17IN2O3S/c1-14-6-11-19-20(12-14)30-22(26-19)15-7-9-16(10-8-15)25-21(27)13-29-23(28)17-4-2-3-5-18(17)24/h2-12H,13H2,1H3,(H,25,27). The largest absolute Gasteiger partial charge is 0.452 e. The number of benzene rings is 3. The van der Waals surface area contributed by atoms with Crippen LogP contribution < -0.4 is 5.32 Å². The van der Waals surface area contributed by atoms with Gasteiger partial charge in [0.15, 0.2) is 6.61 Å². The Hall–Kier alpha value is -2.78. The fourth-order valence-corrected chi connectivity index (χ4v) is 4.56. The number of carbonyl (C=O) groups excluding carboxylic acids is 2. The van der Waals surface area contributed by atoms with Gasteiger partial charge in [-0.05, 0) is 83.6 Å². The van der Waals surface area contributed by atoms with Crippen molar-refractivity contribution in [3.63, 3.8) is 0 Å². The summed E-state index contributed by atoms with van der Waals surface area (Å²) in [5.41, 5.74) is 4.25. The predicted octanol–water partition coefficient (Wildman–Crippen LogP) is 5.67. The number of ether oxygens (including phenoxy) is 1. The highest BCUT2D eigenvalue weighted by molar-refractivity contribution is 14.1. The van der Waals surface area contributed by atoms with Gasteiger partial charge in [0.25, 0.3) is 5.91 Å². The molecule has 0 saturated carbocycles. The molecule has 1 heterocycles. The minimum atomic E-state index is -0.517. The molecule has 0 aliphatic rings. The fraction of sp³-hybridized carbons (Fsp3) is 0.0870. The van der Waals surface area contributed by atoms with Crippen LogP contribution in [-0.4, -0.2) is 23.5 Å². The molecule has 0 spiro atoms. The second-order valence-electron chi connectivity index (χ2n) is 6.67. The molecule has 1 N–H and O–H groups in total. The van der Waals surface area contributed by atoms with E-state index in [0.717, 1.165) is 24.4 Å². The van der Waals surface area contributed by atoms with E-state index in [1.165, 1.54) is 5.56 Å². The lowest BCUT2D eigenvalue weighted by molar-refractivity contribution is -0.119. The van der Waals surface area contributed by atoms with Crippen molar-refractivity contribution < 1.29 is 14.3 Å². The van der Waals surface area contributed by atoms with Gasteiger partial charge in [0.05, 0.1) is 15.8 Å². The summed E-state index contributed by atoms with van der Waals surface area (Å²) in [4.78, 5) is 28.9. The summed E-state index contributed by atoms with van der Waals surface area (Å²) < 4.78 is 7.04. The monoisotopic (exact) mass is 528 g/mol. The van der Waals surface area contributed by atoms with E-state index in [9.17, 15) is 9.59 Å². The number of esters is 1. The Morgan fingerprint density at radius 2 is 1.83 bits per heavy atom. The average molecular weight is 528 g/mol. The van der Waals surface area contributed by atoms with E-state index in [4.69, 9.17) is 4.74 Å². The van der Waals surface area contributed by atoms with Gasteiger partial charge >= 0.3 is 5.97 Å². The van der Waals surface area contributed by atoms with Crippen LogP contribution in [0.5, 0.6) is 0 Å². The molecular formula is C23H17IN2O3S. The van der Waals surface area contributed by atoms with Gasteiger partial charge in [-0.2, -0.15) is 0 Å². The molecule has 0 saturated heterocycles. The van der Waals surface area contributed by atoms with Crippen LogP contribution in [-0.2, 0) is 9.53 Å². The summed E-state index contributed by atoms with van der Waals surface area (Å²) in [6, 6.07) is 20.7. The summed E-state index contributed by atoms with van der Waals surface area (Å²) in [5, 5.41) is 3.67. The smallest absolute Gasteiger partial charge is 0.339 e. The van der Waals surface area contributed by atoms with Crippen molar-refractivity contribution in [3.8, 4) is 10.6 Å². The molecular weight excluding hydrogens is 511 g/mol. The predicted molar refractivity (Wildman–Crippen MR) is 128 cm³/mol. The van der Waals surface area contributed by atoms with Crippen molar-refractivity contribution >= 4 is 61.7 Å². The van der Waals surface area contributed by atoms with Crippen molar-refractivity contribution in [1.82, 2.24) is 4.98 Å². The third kappa shape index (κ3) is 4.68. The number of aryl methyl sites for hydroxylation is 1. The van der Waals surface area contributed by atoms with E-state index in [0.29, 0.717) is 11.3 Å². The minimum absolute atomic E-state index is 0.344. The fourth-order valence-electron chi connectivity index (χ4n) is 2.88. The number of hydrogen-bond donors (Lipinski definition) is 1. The van der Waals surface area contributed by atoms with Crippen LogP contribution in [0.3, 0.4) is 0 Å². The van der Waals surface area contributed by atoms with E-state index < -0.39 is 11.9 Å². The normalized spacial score (nSPS) is 10.7. The van der Waals surface area contributed by atoms with Gasteiger partial charge in [0.2, 0.25) is 0 Å². The number of hydrogen-bond acceptors (Lipinski definition) is 5. The van der Waals surface area contributed by atoms with Crippen LogP contribution in [0.4, 0.5) is 5.69 Å². The summed E-state index contributed by atoms with van der Waals surface area (Å²) in [6.45, 7) is 1.72. The number of amides is 1. The first-order valence-corrected chi connectivity index (χ1v) is 11.1. The van der Waals surface area contributed by atoms with Gasteiger partial charge in [0.1, 0.15) is 5.01 Å². The molecule has 1 amide bonds. The van der Waals surface area contributed by atoms with Crippen LogP contribution in [0.1, 0.15) is 15.9 Å². The SMILES string of the molecule is Cc1ccc2nc(-c3ccc(NC(=O)COC(=O)c4ccccc4I)cc3)sc2c1. The van der Waals surface area contributed by atoms with Crippen LogP contribution in [0.15, 0.2) is 66.7 Å². The third-order valence-electron chi connectivity index (χ3n) is 4.39. The zero-order valence-electron chi connectivity index (χ0n) is 16.0. The molecule has 7 heteroatoms.